The first-order chi connectivity index (χ1) is 37.5. The number of rotatable bonds is 17. The van der Waals surface area contributed by atoms with Crippen LogP contribution < -0.4 is 14.9 Å². The fraction of sp³-hybridized carbons (Fsp3) is 0.604. The summed E-state index contributed by atoms with van der Waals surface area (Å²) in [6, 6.07) is 2.17. The molecule has 1 unspecified atom stereocenters. The Morgan fingerprint density at radius 1 is 0.434 bits per heavy atom. The van der Waals surface area contributed by atoms with Crippen molar-refractivity contribution >= 4 is 53.2 Å². The zero-order valence-corrected chi connectivity index (χ0v) is 52.1. The number of hydrogen-bond donors (Lipinski definition) is 6. The van der Waals surface area contributed by atoms with E-state index in [0.717, 1.165) is 17.9 Å². The molecule has 456 valence electrons. The van der Waals surface area contributed by atoms with Crippen LogP contribution in [0.25, 0.3) is 0 Å². The van der Waals surface area contributed by atoms with Crippen molar-refractivity contribution in [2.75, 3.05) is 154 Å². The summed E-state index contributed by atoms with van der Waals surface area (Å²) < 4.78 is 151. The van der Waals surface area contributed by atoms with Crippen molar-refractivity contribution in [3.05, 3.63) is 58.2 Å². The van der Waals surface area contributed by atoms with E-state index in [0.29, 0.717) is 0 Å². The number of anilines is 2. The first kappa shape index (κ1) is 76.7. The smallest absolute Gasteiger partial charge is 0.545 e. The molecule has 0 aromatic heterocycles. The van der Waals surface area contributed by atoms with Gasteiger partial charge >= 0.3 is 126 Å². The molecule has 2 fully saturated rings. The van der Waals surface area contributed by atoms with Gasteiger partial charge in [0.2, 0.25) is 0 Å². The van der Waals surface area contributed by atoms with E-state index in [1.807, 2.05) is 0 Å². The molecule has 35 heteroatoms. The van der Waals surface area contributed by atoms with E-state index in [9.17, 15) is 118 Å². The Morgan fingerprint density at radius 3 is 0.940 bits per heavy atom. The molecule has 2 heterocycles. The third-order valence-electron chi connectivity index (χ3n) is 13.1. The van der Waals surface area contributed by atoms with Crippen molar-refractivity contribution in [1.82, 2.24) is 29.4 Å². The summed E-state index contributed by atoms with van der Waals surface area (Å²) in [4.78, 5) is 91.3. The molecule has 2 aliphatic rings. The molecule has 2 aromatic carbocycles. The largest absolute Gasteiger partial charge is 3.00 e. The van der Waals surface area contributed by atoms with Crippen LogP contribution in [0.2, 0.25) is 0 Å². The van der Waals surface area contributed by atoms with Crippen molar-refractivity contribution < 1.29 is 189 Å². The van der Waals surface area contributed by atoms with E-state index in [4.69, 9.17) is 0 Å². The third-order valence-corrected chi connectivity index (χ3v) is 13.1. The summed E-state index contributed by atoms with van der Waals surface area (Å²) in [5.74, 6) is -18.3. The summed E-state index contributed by atoms with van der Waals surface area (Å²) in [6.07, 6.45) is -16.5. The summed E-state index contributed by atoms with van der Waals surface area (Å²) in [6.45, 7) is -0.844. The van der Waals surface area contributed by atoms with E-state index < -0.39 is 133 Å². The SMILES string of the molecule is Cc1c(F)cc(C(C)C(F)(F)F)cc1N1CCN(CC(=O)O)CCN(CC(=O)O)CCN(CC(=O)O)CC1.O=C(O)CN1CCN(CC(=O)O)CCN(c2cc(C(C(F)(F)F)C(F)(F)F)cc(F)c2C(=O)[O-])CCN(CC(=O)O)CC1.[La+3].[La+3]. The van der Waals surface area contributed by atoms with Gasteiger partial charge in [-0.05, 0) is 49.2 Å². The van der Waals surface area contributed by atoms with Gasteiger partial charge in [0.05, 0.1) is 56.7 Å². The van der Waals surface area contributed by atoms with Crippen molar-refractivity contribution in [1.29, 1.82) is 0 Å². The zero-order chi connectivity index (χ0) is 61.3. The van der Waals surface area contributed by atoms with Gasteiger partial charge in [-0.2, -0.15) is 39.5 Å². The topological polar surface area (TPSA) is 290 Å². The van der Waals surface area contributed by atoms with Crippen molar-refractivity contribution in [2.45, 2.75) is 44.2 Å². The molecule has 0 aliphatic carbocycles. The third kappa shape index (κ3) is 26.5. The molecule has 6 N–H and O–H groups in total. The van der Waals surface area contributed by atoms with Gasteiger partial charge in [0.1, 0.15) is 11.6 Å². The molecule has 0 amide bonds. The number of benzene rings is 2. The predicted octanol–water partition coefficient (Wildman–Crippen LogP) is 2.16. The summed E-state index contributed by atoms with van der Waals surface area (Å²) in [5, 5.41) is 67.5. The molecule has 0 saturated carbocycles. The molecular formula is C48H62F11La2N8O14+5. The molecule has 4 rings (SSSR count). The van der Waals surface area contributed by atoms with Gasteiger partial charge in [0.25, 0.3) is 0 Å². The van der Waals surface area contributed by atoms with Crippen LogP contribution in [0.1, 0.15) is 45.8 Å². The molecule has 1 atom stereocenters. The predicted molar refractivity (Wildman–Crippen MR) is 260 cm³/mol. The molecule has 2 aromatic rings. The number of aromatic carboxylic acids is 1. The van der Waals surface area contributed by atoms with Crippen LogP contribution in [-0.2, 0) is 28.8 Å². The minimum atomic E-state index is -5.94. The average molecular weight is 1460 g/mol. The number of aliphatic carboxylic acids is 6. The normalized spacial score (nSPS) is 17.4. The van der Waals surface area contributed by atoms with Crippen LogP contribution >= 0.6 is 0 Å². The maximum atomic E-state index is 14.9. The van der Waals surface area contributed by atoms with Crippen LogP contribution in [-0.4, -0.2) is 264 Å². The van der Waals surface area contributed by atoms with Crippen LogP contribution in [0.5, 0.6) is 0 Å². The average Bonchev–Trinajstić information content (AvgIpc) is 3.41. The van der Waals surface area contributed by atoms with Crippen molar-refractivity contribution in [3.63, 3.8) is 0 Å². The fourth-order valence-electron chi connectivity index (χ4n) is 8.90. The molecule has 22 nitrogen and oxygen atoms in total. The van der Waals surface area contributed by atoms with Crippen molar-refractivity contribution in [2.24, 2.45) is 0 Å². The molecule has 2 saturated heterocycles. The van der Waals surface area contributed by atoms with Gasteiger partial charge in [-0.1, -0.05) is 0 Å². The first-order valence-corrected chi connectivity index (χ1v) is 24.7. The second kappa shape index (κ2) is 34.8. The Kier molecular flexibility index (Phi) is 32.1. The number of hydrogen-bond acceptors (Lipinski definition) is 16. The second-order valence-corrected chi connectivity index (χ2v) is 19.1. The molecule has 2 aliphatic heterocycles. The molecule has 0 radical (unpaired) electrons. The maximum Gasteiger partial charge on any atom is 3.00 e. The van der Waals surface area contributed by atoms with E-state index in [2.05, 4.69) is 0 Å². The fourth-order valence-corrected chi connectivity index (χ4v) is 8.90. The summed E-state index contributed by atoms with van der Waals surface area (Å²) in [5.41, 5.74) is -3.82. The number of halogens is 11. The minimum Gasteiger partial charge on any atom is -0.545 e. The number of carbonyl (C=O) groups excluding carboxylic acids is 1. The number of alkyl halides is 9. The number of carboxylic acid groups (broad SMARTS) is 7. The zero-order valence-electron chi connectivity index (χ0n) is 44.9. The van der Waals surface area contributed by atoms with Crippen LogP contribution in [0.15, 0.2) is 24.3 Å². The Labute approximate surface area is 523 Å². The Bertz CT molecular complexity index is 2440. The van der Waals surface area contributed by atoms with Gasteiger partial charge in [-0.25, -0.2) is 8.78 Å². The van der Waals surface area contributed by atoms with Gasteiger partial charge in [-0.3, -0.25) is 58.2 Å². The minimum absolute atomic E-state index is 0. The van der Waals surface area contributed by atoms with Crippen molar-refractivity contribution in [3.8, 4) is 0 Å². The number of nitrogens with zero attached hydrogens (tertiary/aromatic N) is 8. The molecule has 0 bridgehead atoms. The molecule has 0 spiro atoms. The quantitative estimate of drug-likeness (QED) is 0.124. The van der Waals surface area contributed by atoms with E-state index in [1.54, 1.807) is 19.6 Å². The molecule has 83 heavy (non-hydrogen) atoms. The summed E-state index contributed by atoms with van der Waals surface area (Å²) in [7, 11) is 0. The standard InChI is InChI=1S/C24H29F7N4O8.C24H34F4N4O6.2La/c25-15-9-14(21(23(26,27)28)24(29,30)31)10-16(20(15)22(42)43)35-7-5-33(12-18(38)39)3-1-32(11-17(36)37)2-4-34(6-8-35)13-19(40)41;1-16-19(25)11-18(17(2)24(26,27)28)12-20(16)32-9-7-30(14-22(35)36)5-3-29(13-21(33)34)4-6-31(8-10-32)15-23(37)38;;/h9-10,21H,1-8,11-13H2,(H,36,37)(H,38,39)(H,40,41)(H,42,43);11-12,17H,3-10,13-15H2,1-2H3,(H,33,34)(H,35,36)(H,37,38);;/q;;2*+3/p-1. The van der Waals surface area contributed by atoms with Crippen LogP contribution in [0.4, 0.5) is 59.7 Å². The van der Waals surface area contributed by atoms with Gasteiger partial charge in [-0.15, -0.1) is 0 Å². The van der Waals surface area contributed by atoms with Crippen LogP contribution in [0.3, 0.4) is 0 Å². The second-order valence-electron chi connectivity index (χ2n) is 19.1. The monoisotopic (exact) mass is 1460 g/mol. The Hall–Kier alpha value is -4.29. The van der Waals surface area contributed by atoms with Crippen LogP contribution in [0, 0.1) is 89.8 Å². The molecular weight excluding hydrogens is 1400 g/mol. The maximum absolute atomic E-state index is 14.9. The van der Waals surface area contributed by atoms with Gasteiger partial charge in [0, 0.05) is 122 Å². The first-order valence-electron chi connectivity index (χ1n) is 24.7. The van der Waals surface area contributed by atoms with E-state index in [1.165, 1.54) is 27.7 Å². The van der Waals surface area contributed by atoms with E-state index >= 15 is 0 Å². The van der Waals surface area contributed by atoms with Gasteiger partial charge < -0.3 is 50.3 Å². The number of carboxylic acids is 7. The van der Waals surface area contributed by atoms with Gasteiger partial charge in [0.15, 0.2) is 5.92 Å². The number of carbonyl (C=O) groups is 7. The summed E-state index contributed by atoms with van der Waals surface area (Å²) >= 11 is 0. The van der Waals surface area contributed by atoms with E-state index in [-0.39, 0.29) is 211 Å². The Morgan fingerprint density at radius 2 is 0.687 bits per heavy atom. The Balaban J connectivity index is 0.000000816.